The number of aromatic nitrogens is 4. The van der Waals surface area contributed by atoms with E-state index in [2.05, 4.69) is 16.5 Å². The summed E-state index contributed by atoms with van der Waals surface area (Å²) in [5.74, 6) is 0.786. The zero-order valence-corrected chi connectivity index (χ0v) is 23.0. The van der Waals surface area contributed by atoms with Gasteiger partial charge in [0.1, 0.15) is 4.70 Å². The monoisotopic (exact) mass is 557 g/mol. The molecule has 0 N–H and O–H groups in total. The Morgan fingerprint density at radius 1 is 1.05 bits per heavy atom. The smallest absolute Gasteiger partial charge is 0.321 e. The third-order valence-corrected chi connectivity index (χ3v) is 7.55. The van der Waals surface area contributed by atoms with Gasteiger partial charge in [-0.25, -0.2) is 9.55 Å². The van der Waals surface area contributed by atoms with Crippen molar-refractivity contribution >= 4 is 60.3 Å². The first-order valence-corrected chi connectivity index (χ1v) is 14.5. The fourth-order valence-corrected chi connectivity index (χ4v) is 5.70. The van der Waals surface area contributed by atoms with E-state index in [1.807, 2.05) is 37.2 Å². The molecule has 9 nitrogen and oxygen atoms in total. The van der Waals surface area contributed by atoms with Gasteiger partial charge in [-0.3, -0.25) is 4.79 Å². The van der Waals surface area contributed by atoms with Gasteiger partial charge in [0, 0.05) is 30.5 Å². The Morgan fingerprint density at radius 3 is 2.43 bits per heavy atom. The minimum Gasteiger partial charge on any atom is -0.348 e. The van der Waals surface area contributed by atoms with Gasteiger partial charge in [-0.05, 0) is 48.4 Å². The molecule has 0 unspecified atom stereocenters. The second-order valence-electron chi connectivity index (χ2n) is 8.79. The number of thiophene rings is 1. The molecule has 0 amide bonds. The molecule has 37 heavy (non-hydrogen) atoms. The van der Waals surface area contributed by atoms with Crippen molar-refractivity contribution in [3.05, 3.63) is 63.9 Å². The van der Waals surface area contributed by atoms with Gasteiger partial charge in [-0.2, -0.15) is 13.4 Å². The highest BCUT2D eigenvalue weighted by Crippen LogP contribution is 2.33. The molecule has 5 rings (SSSR count). The van der Waals surface area contributed by atoms with Crippen LogP contribution in [0.2, 0.25) is 5.02 Å². The number of imidazole rings is 1. The summed E-state index contributed by atoms with van der Waals surface area (Å²) in [5, 5.41) is 0.601. The minimum absolute atomic E-state index is 0.325. The van der Waals surface area contributed by atoms with Crippen LogP contribution in [0.3, 0.4) is 0 Å². The summed E-state index contributed by atoms with van der Waals surface area (Å²) in [4.78, 5) is 25.7. The number of nitrogens with zero attached hydrogens (tertiary/aromatic N) is 5. The van der Waals surface area contributed by atoms with Gasteiger partial charge in [-0.15, -0.1) is 11.3 Å². The molecule has 0 spiro atoms. The molecule has 0 aliphatic rings. The lowest BCUT2D eigenvalue weighted by atomic mass is 10.2. The maximum atomic E-state index is 13.8. The van der Waals surface area contributed by atoms with Crippen LogP contribution < -0.4 is 14.6 Å². The summed E-state index contributed by atoms with van der Waals surface area (Å²) < 4.78 is 33.1. The van der Waals surface area contributed by atoms with Crippen molar-refractivity contribution in [1.29, 1.82) is 0 Å². The Kier molecular flexibility index (Phi) is 6.47. The van der Waals surface area contributed by atoms with Crippen molar-refractivity contribution in [3.63, 3.8) is 0 Å². The third-order valence-electron chi connectivity index (χ3n) is 5.69. The van der Waals surface area contributed by atoms with Crippen LogP contribution in [0.1, 0.15) is 13.3 Å². The molecule has 12 heteroatoms. The molecular formula is C25H24ClN5O4S2. The first kappa shape index (κ1) is 25.2. The standard InChI is InChI=1S/C25H24ClN5O4S2/c1-5-12-30-20-13-17(10-11-18(20)27-24(30)29(2)3)31-23(32)22-19(28-25(31)35-37(4,33)34)14-21(36-22)15-6-8-16(26)9-7-15/h6-11,13-14H,5,12H2,1-4H3. The van der Waals surface area contributed by atoms with Gasteiger partial charge >= 0.3 is 16.1 Å². The molecule has 2 aromatic carbocycles. The number of hydrogen-bond donors (Lipinski definition) is 0. The van der Waals surface area contributed by atoms with Crippen LogP contribution in [0.4, 0.5) is 5.95 Å². The highest BCUT2D eigenvalue weighted by molar-refractivity contribution is 7.86. The zero-order chi connectivity index (χ0) is 26.5. The summed E-state index contributed by atoms with van der Waals surface area (Å²) >= 11 is 7.29. The van der Waals surface area contributed by atoms with Gasteiger partial charge in [-0.1, -0.05) is 30.7 Å². The highest BCUT2D eigenvalue weighted by atomic mass is 35.5. The number of fused-ring (bicyclic) bond motifs is 2. The van der Waals surface area contributed by atoms with Crippen LogP contribution in [-0.4, -0.2) is 47.9 Å². The Balaban J connectivity index is 1.76. The second kappa shape index (κ2) is 9.47. The molecule has 0 atom stereocenters. The van der Waals surface area contributed by atoms with Gasteiger partial charge in [0.05, 0.1) is 28.5 Å². The highest BCUT2D eigenvalue weighted by Gasteiger charge is 2.21. The average Bonchev–Trinajstić information content (AvgIpc) is 3.41. The van der Waals surface area contributed by atoms with Crippen LogP contribution in [-0.2, 0) is 16.7 Å². The van der Waals surface area contributed by atoms with E-state index in [9.17, 15) is 13.2 Å². The lowest BCUT2D eigenvalue weighted by molar-refractivity contribution is 0.460. The normalized spacial score (nSPS) is 11.9. The third kappa shape index (κ3) is 4.81. The van der Waals surface area contributed by atoms with Crippen molar-refractivity contribution in [2.24, 2.45) is 0 Å². The summed E-state index contributed by atoms with van der Waals surface area (Å²) in [6.45, 7) is 2.80. The molecule has 0 saturated heterocycles. The summed E-state index contributed by atoms with van der Waals surface area (Å²) in [7, 11) is -0.127. The lowest BCUT2D eigenvalue weighted by Crippen LogP contribution is -2.23. The number of halogens is 1. The first-order valence-electron chi connectivity index (χ1n) is 11.5. The maximum Gasteiger partial charge on any atom is 0.321 e. The molecule has 3 heterocycles. The van der Waals surface area contributed by atoms with Crippen LogP contribution in [0.25, 0.3) is 37.4 Å². The van der Waals surface area contributed by atoms with Crippen molar-refractivity contribution < 1.29 is 12.6 Å². The predicted octanol–water partition coefficient (Wildman–Crippen LogP) is 4.93. The fourth-order valence-electron chi connectivity index (χ4n) is 4.16. The fraction of sp³-hybridized carbons (Fsp3) is 0.240. The number of aryl methyl sites for hydroxylation is 1. The average molecular weight is 558 g/mol. The van der Waals surface area contributed by atoms with Crippen molar-refractivity contribution in [2.45, 2.75) is 19.9 Å². The van der Waals surface area contributed by atoms with Gasteiger partial charge < -0.3 is 13.7 Å². The van der Waals surface area contributed by atoms with Gasteiger partial charge in [0.25, 0.3) is 5.56 Å². The zero-order valence-electron chi connectivity index (χ0n) is 20.6. The quantitative estimate of drug-likeness (QED) is 0.261. The topological polar surface area (TPSA) is 99.3 Å². The van der Waals surface area contributed by atoms with Crippen LogP contribution in [0.5, 0.6) is 6.01 Å². The lowest BCUT2D eigenvalue weighted by Gasteiger charge is -2.15. The van der Waals surface area contributed by atoms with Crippen molar-refractivity contribution in [2.75, 3.05) is 25.3 Å². The molecule has 0 fully saturated rings. The summed E-state index contributed by atoms with van der Waals surface area (Å²) in [6, 6.07) is 14.0. The van der Waals surface area contributed by atoms with E-state index in [-0.39, 0.29) is 6.01 Å². The van der Waals surface area contributed by atoms with E-state index >= 15 is 0 Å². The molecule has 0 saturated carbocycles. The SMILES string of the molecule is CCCn1c(N(C)C)nc2ccc(-n3c(OS(C)(=O)=O)nc4cc(-c5ccc(Cl)cc5)sc4c3=O)cc21. The predicted molar refractivity (Wildman–Crippen MR) is 149 cm³/mol. The summed E-state index contributed by atoms with van der Waals surface area (Å²) in [5.41, 5.74) is 2.78. The van der Waals surface area contributed by atoms with Gasteiger partial charge in [0.2, 0.25) is 5.95 Å². The van der Waals surface area contributed by atoms with E-state index in [1.54, 1.807) is 30.3 Å². The van der Waals surface area contributed by atoms with Crippen LogP contribution in [0.15, 0.2) is 53.3 Å². The van der Waals surface area contributed by atoms with E-state index in [1.165, 1.54) is 15.9 Å². The minimum atomic E-state index is -3.97. The van der Waals surface area contributed by atoms with Crippen molar-refractivity contribution in [1.82, 2.24) is 19.1 Å². The van der Waals surface area contributed by atoms with Crippen LogP contribution in [0, 0.1) is 0 Å². The molecular weight excluding hydrogens is 534 g/mol. The largest absolute Gasteiger partial charge is 0.348 e. The number of hydrogen-bond acceptors (Lipinski definition) is 8. The molecule has 192 valence electrons. The molecule has 0 radical (unpaired) electrons. The van der Waals surface area contributed by atoms with Crippen molar-refractivity contribution in [3.8, 4) is 22.1 Å². The molecule has 5 aromatic rings. The number of rotatable bonds is 7. The van der Waals surface area contributed by atoms with E-state index in [0.717, 1.165) is 46.6 Å². The molecule has 3 aromatic heterocycles. The Hall–Kier alpha value is -3.41. The number of benzene rings is 2. The summed E-state index contributed by atoms with van der Waals surface area (Å²) in [6.07, 6.45) is 1.80. The molecule has 0 bridgehead atoms. The van der Waals surface area contributed by atoms with E-state index in [0.29, 0.717) is 20.9 Å². The first-order chi connectivity index (χ1) is 17.6. The molecule has 0 aliphatic carbocycles. The Labute approximate surface area is 222 Å². The maximum absolute atomic E-state index is 13.8. The Bertz CT molecular complexity index is 1810. The number of anilines is 1. The van der Waals surface area contributed by atoms with Gasteiger partial charge in [0.15, 0.2) is 0 Å². The van der Waals surface area contributed by atoms with E-state index < -0.39 is 15.7 Å². The molecule has 0 aliphatic heterocycles. The van der Waals surface area contributed by atoms with E-state index in [4.69, 9.17) is 20.8 Å². The van der Waals surface area contributed by atoms with Crippen LogP contribution >= 0.6 is 22.9 Å². The second-order valence-corrected chi connectivity index (χ2v) is 11.8. The Morgan fingerprint density at radius 2 is 1.78 bits per heavy atom.